The zero-order chi connectivity index (χ0) is 21.2. The molecule has 0 aliphatic rings. The topological polar surface area (TPSA) is 64.4 Å². The fourth-order valence-electron chi connectivity index (χ4n) is 2.63. The summed E-state index contributed by atoms with van der Waals surface area (Å²) >= 11 is 18.1. The first kappa shape index (κ1) is 22.0. The van der Waals surface area contributed by atoms with Crippen molar-refractivity contribution in [1.82, 2.24) is 10.0 Å². The number of nitrogens with zero attached hydrogens (tertiary/aromatic N) is 3. The summed E-state index contributed by atoms with van der Waals surface area (Å²) < 4.78 is 0. The van der Waals surface area contributed by atoms with Crippen LogP contribution >= 0.6 is 34.8 Å². The number of hydrogen-bond acceptors (Lipinski definition) is 3. The molecule has 0 aliphatic carbocycles. The van der Waals surface area contributed by atoms with Crippen molar-refractivity contribution < 1.29 is 9.59 Å². The fraction of sp³-hybridized carbons (Fsp3) is 0.250. The van der Waals surface area contributed by atoms with Gasteiger partial charge in [0.1, 0.15) is 0 Å². The maximum Gasteiger partial charge on any atom is 0.286 e. The Morgan fingerprint density at radius 2 is 1.57 bits per heavy atom. The van der Waals surface area contributed by atoms with Gasteiger partial charge in [-0.2, -0.15) is 5.26 Å². The van der Waals surface area contributed by atoms with Gasteiger partial charge in [-0.15, -0.1) is 5.01 Å². The first-order chi connectivity index (χ1) is 13.0. The molecule has 146 valence electrons. The van der Waals surface area contributed by atoms with Crippen LogP contribution in [0.15, 0.2) is 36.4 Å². The Bertz CT molecular complexity index is 957. The van der Waals surface area contributed by atoms with Gasteiger partial charge >= 0.3 is 0 Å². The monoisotopic (exact) mass is 437 g/mol. The van der Waals surface area contributed by atoms with E-state index in [1.54, 1.807) is 45.9 Å². The van der Waals surface area contributed by atoms with Gasteiger partial charge < -0.3 is 0 Å². The maximum atomic E-state index is 13.2. The van der Waals surface area contributed by atoms with Crippen LogP contribution in [0.4, 0.5) is 0 Å². The third-order valence-corrected chi connectivity index (χ3v) is 4.77. The van der Waals surface area contributed by atoms with Crippen molar-refractivity contribution in [2.75, 3.05) is 0 Å². The van der Waals surface area contributed by atoms with Crippen LogP contribution in [0, 0.1) is 18.4 Å². The molecule has 2 rings (SSSR count). The second kappa shape index (κ2) is 8.40. The summed E-state index contributed by atoms with van der Waals surface area (Å²) in [6.07, 6.45) is 1.81. The number of halogens is 3. The standard InChI is InChI=1S/C20H18Cl3N3O2/c1-12-16(6-5-7-17(12)23)19(28)25(11-24)26(20(2,3)4)18(27)13-8-14(21)10-15(22)9-13/h5-10H,1-4H3. The molecule has 0 atom stereocenters. The number of carbonyl (C=O) groups excluding carboxylic acids is 2. The molecule has 0 spiro atoms. The van der Waals surface area contributed by atoms with Crippen molar-refractivity contribution in [3.63, 3.8) is 0 Å². The average Bonchev–Trinajstić information content (AvgIpc) is 2.59. The highest BCUT2D eigenvalue weighted by atomic mass is 35.5. The van der Waals surface area contributed by atoms with Crippen LogP contribution in [-0.4, -0.2) is 27.4 Å². The number of hydrazine groups is 1. The van der Waals surface area contributed by atoms with Crippen LogP contribution in [0.2, 0.25) is 15.1 Å². The Kier molecular flexibility index (Phi) is 6.61. The van der Waals surface area contributed by atoms with E-state index in [4.69, 9.17) is 34.8 Å². The van der Waals surface area contributed by atoms with Crippen LogP contribution in [-0.2, 0) is 0 Å². The van der Waals surface area contributed by atoms with Gasteiger partial charge in [0.05, 0.1) is 5.54 Å². The van der Waals surface area contributed by atoms with Crippen LogP contribution in [0.3, 0.4) is 0 Å². The van der Waals surface area contributed by atoms with Gasteiger partial charge in [0, 0.05) is 26.2 Å². The van der Waals surface area contributed by atoms with E-state index in [1.807, 2.05) is 6.19 Å². The minimum atomic E-state index is -0.899. The highest BCUT2D eigenvalue weighted by Gasteiger charge is 2.37. The second-order valence-corrected chi connectivity index (χ2v) is 8.36. The molecule has 0 saturated heterocycles. The fourth-order valence-corrected chi connectivity index (χ4v) is 3.33. The summed E-state index contributed by atoms with van der Waals surface area (Å²) in [5.74, 6) is -1.26. The van der Waals surface area contributed by atoms with Crippen molar-refractivity contribution in [1.29, 1.82) is 5.26 Å². The van der Waals surface area contributed by atoms with E-state index in [9.17, 15) is 14.9 Å². The summed E-state index contributed by atoms with van der Waals surface area (Å²) in [5, 5.41) is 12.5. The molecule has 5 nitrogen and oxygen atoms in total. The zero-order valence-corrected chi connectivity index (χ0v) is 18.0. The smallest absolute Gasteiger partial charge is 0.267 e. The molecule has 28 heavy (non-hydrogen) atoms. The molecule has 0 N–H and O–H groups in total. The number of hydrogen-bond donors (Lipinski definition) is 0. The van der Waals surface area contributed by atoms with Gasteiger partial charge in [-0.3, -0.25) is 9.59 Å². The number of carbonyl (C=O) groups is 2. The largest absolute Gasteiger partial charge is 0.286 e. The molecule has 0 aromatic heterocycles. The maximum absolute atomic E-state index is 13.2. The lowest BCUT2D eigenvalue weighted by molar-refractivity contribution is -0.0167. The number of nitriles is 1. The third kappa shape index (κ3) is 4.59. The van der Waals surface area contributed by atoms with Crippen LogP contribution in [0.1, 0.15) is 47.1 Å². The molecule has 0 saturated carbocycles. The lowest BCUT2D eigenvalue weighted by atomic mass is 10.0. The molecule has 0 unspecified atom stereocenters. The van der Waals surface area contributed by atoms with Gasteiger partial charge in [-0.25, -0.2) is 5.01 Å². The molecule has 0 aliphatic heterocycles. The van der Waals surface area contributed by atoms with Crippen LogP contribution in [0.5, 0.6) is 0 Å². The Morgan fingerprint density at radius 1 is 1.00 bits per heavy atom. The predicted molar refractivity (Wildman–Crippen MR) is 110 cm³/mol. The van der Waals surface area contributed by atoms with E-state index in [0.29, 0.717) is 10.6 Å². The number of rotatable bonds is 2. The minimum Gasteiger partial charge on any atom is -0.267 e. The lowest BCUT2D eigenvalue weighted by Crippen LogP contribution is -2.56. The van der Waals surface area contributed by atoms with Crippen molar-refractivity contribution in [3.05, 3.63) is 68.2 Å². The molecule has 0 radical (unpaired) electrons. The summed E-state index contributed by atoms with van der Waals surface area (Å²) in [6, 6.07) is 9.15. The highest BCUT2D eigenvalue weighted by Crippen LogP contribution is 2.27. The normalized spacial score (nSPS) is 10.9. The molecule has 8 heteroatoms. The first-order valence-electron chi connectivity index (χ1n) is 8.27. The number of benzene rings is 2. The second-order valence-electron chi connectivity index (χ2n) is 7.08. The van der Waals surface area contributed by atoms with E-state index in [1.165, 1.54) is 18.2 Å². The van der Waals surface area contributed by atoms with Crippen molar-refractivity contribution >= 4 is 46.6 Å². The van der Waals surface area contributed by atoms with Crippen molar-refractivity contribution in [3.8, 4) is 6.19 Å². The summed E-state index contributed by atoms with van der Waals surface area (Å²) in [6.45, 7) is 6.80. The van der Waals surface area contributed by atoms with Crippen LogP contribution in [0.25, 0.3) is 0 Å². The molecule has 2 aromatic rings. The Hall–Kier alpha value is -2.26. The molecule has 0 bridgehead atoms. The molecule has 0 heterocycles. The van der Waals surface area contributed by atoms with Crippen molar-refractivity contribution in [2.45, 2.75) is 33.2 Å². The van der Waals surface area contributed by atoms with Crippen molar-refractivity contribution in [2.24, 2.45) is 0 Å². The Labute approximate surface area is 179 Å². The zero-order valence-electron chi connectivity index (χ0n) is 15.8. The lowest BCUT2D eigenvalue weighted by Gasteiger charge is -2.39. The van der Waals surface area contributed by atoms with Gasteiger partial charge in [0.15, 0.2) is 0 Å². The van der Waals surface area contributed by atoms with E-state index in [-0.39, 0.29) is 21.2 Å². The predicted octanol–water partition coefficient (Wildman–Crippen LogP) is 5.73. The molecule has 2 amide bonds. The first-order valence-corrected chi connectivity index (χ1v) is 9.40. The highest BCUT2D eigenvalue weighted by molar-refractivity contribution is 6.35. The number of amides is 2. The van der Waals surface area contributed by atoms with Gasteiger partial charge in [-0.1, -0.05) is 40.9 Å². The van der Waals surface area contributed by atoms with E-state index in [2.05, 4.69) is 0 Å². The summed E-state index contributed by atoms with van der Waals surface area (Å²) in [4.78, 5) is 26.3. The Morgan fingerprint density at radius 3 is 2.07 bits per heavy atom. The molecule has 0 fully saturated rings. The quantitative estimate of drug-likeness (QED) is 0.341. The van der Waals surface area contributed by atoms with Gasteiger partial charge in [0.25, 0.3) is 11.8 Å². The summed E-state index contributed by atoms with van der Waals surface area (Å²) in [5.41, 5.74) is -0.00550. The van der Waals surface area contributed by atoms with Gasteiger partial charge in [0.2, 0.25) is 6.19 Å². The average molecular weight is 439 g/mol. The third-order valence-electron chi connectivity index (χ3n) is 3.92. The SMILES string of the molecule is Cc1c(Cl)cccc1C(=O)N(C#N)N(C(=O)c1cc(Cl)cc(Cl)c1)C(C)(C)C. The molecule has 2 aromatic carbocycles. The van der Waals surface area contributed by atoms with Crippen LogP contribution < -0.4 is 0 Å². The molecular formula is C20H18Cl3N3O2. The molecular weight excluding hydrogens is 421 g/mol. The van der Waals surface area contributed by atoms with E-state index >= 15 is 0 Å². The van der Waals surface area contributed by atoms with Gasteiger partial charge in [-0.05, 0) is 63.6 Å². The van der Waals surface area contributed by atoms with E-state index < -0.39 is 17.4 Å². The Balaban J connectivity index is 2.57. The van der Waals surface area contributed by atoms with E-state index in [0.717, 1.165) is 10.0 Å². The summed E-state index contributed by atoms with van der Waals surface area (Å²) in [7, 11) is 0. The minimum absolute atomic E-state index is 0.156.